The number of carbonyl (C=O) groups is 6. The highest BCUT2D eigenvalue weighted by atomic mass is 32.1. The largest absolute Gasteiger partial charge is 0.417 e. The van der Waals surface area contributed by atoms with Gasteiger partial charge in [0.15, 0.2) is 0 Å². The molecule has 3 fully saturated rings. The molecule has 3 saturated heterocycles. The molecule has 5 aromatic rings. The zero-order valence-electron chi connectivity index (χ0n) is 50.9. The number of β-amino-alcohol motifs (C(OH)–C–C–N with tert-alkyl or cyclic N) is 1. The first-order valence-electron chi connectivity index (χ1n) is 29.5. The van der Waals surface area contributed by atoms with Crippen LogP contribution in [0.15, 0.2) is 71.4 Å². The molecule has 6 heterocycles. The van der Waals surface area contributed by atoms with Crippen LogP contribution in [0.2, 0.25) is 0 Å². The van der Waals surface area contributed by atoms with E-state index >= 15 is 4.39 Å². The van der Waals surface area contributed by atoms with Crippen LogP contribution in [0.3, 0.4) is 0 Å². The highest BCUT2D eigenvalue weighted by Crippen LogP contribution is 2.38. The van der Waals surface area contributed by atoms with Crippen molar-refractivity contribution in [3.63, 3.8) is 0 Å². The van der Waals surface area contributed by atoms with Crippen LogP contribution in [0.25, 0.3) is 21.6 Å². The lowest BCUT2D eigenvalue weighted by Gasteiger charge is -2.44. The minimum absolute atomic E-state index is 0.00862. The highest BCUT2D eigenvalue weighted by Gasteiger charge is 2.45. The van der Waals surface area contributed by atoms with Gasteiger partial charge in [-0.15, -0.1) is 11.3 Å². The average molecular weight is 1260 g/mol. The fourth-order valence-corrected chi connectivity index (χ4v) is 11.7. The fourth-order valence-electron chi connectivity index (χ4n) is 10.8. The van der Waals surface area contributed by atoms with Crippen LogP contribution in [0, 0.1) is 18.2 Å². The monoisotopic (exact) mass is 1260 g/mol. The number of likely N-dealkylation sites (tertiary alicyclic amines) is 1. The Morgan fingerprint density at radius 3 is 2.13 bits per heavy atom. The van der Waals surface area contributed by atoms with E-state index in [0.717, 1.165) is 21.7 Å². The van der Waals surface area contributed by atoms with Crippen LogP contribution in [0.4, 0.5) is 34.9 Å². The van der Waals surface area contributed by atoms with E-state index < -0.39 is 75.9 Å². The van der Waals surface area contributed by atoms with E-state index in [4.69, 9.17) is 9.47 Å². The van der Waals surface area contributed by atoms with Crippen molar-refractivity contribution in [2.45, 2.75) is 110 Å². The smallest absolute Gasteiger partial charge is 0.391 e. The molecule has 6 N–H and O–H groups in total. The zero-order chi connectivity index (χ0) is 64.3. The van der Waals surface area contributed by atoms with Gasteiger partial charge in [-0.25, -0.2) is 19.3 Å². The Hall–Kier alpha value is -7.92. The Morgan fingerprint density at radius 2 is 1.49 bits per heavy atom. The minimum atomic E-state index is -5.02. The quantitative estimate of drug-likeness (QED) is 0.0372. The molecule has 0 aliphatic carbocycles. The number of ether oxygens (including phenoxy) is 2. The summed E-state index contributed by atoms with van der Waals surface area (Å²) in [5, 5.41) is 21.6. The summed E-state index contributed by atoms with van der Waals surface area (Å²) in [7, 11) is 1.95. The lowest BCUT2D eigenvalue weighted by molar-refractivity contribution is -0.144. The summed E-state index contributed by atoms with van der Waals surface area (Å²) >= 11 is 1.55. The number of aliphatic hydroxyl groups excluding tert-OH is 1. The number of H-pyrrole nitrogens is 1. The van der Waals surface area contributed by atoms with Crippen LogP contribution in [0.5, 0.6) is 0 Å². The number of hydrogen-bond donors (Lipinski definition) is 6. The molecule has 5 atom stereocenters. The van der Waals surface area contributed by atoms with Gasteiger partial charge in [-0.3, -0.25) is 38.5 Å². The number of aryl methyl sites for hydroxylation is 1. The van der Waals surface area contributed by atoms with Crippen molar-refractivity contribution in [3.05, 3.63) is 105 Å². The van der Waals surface area contributed by atoms with Gasteiger partial charge in [0.1, 0.15) is 17.9 Å². The summed E-state index contributed by atoms with van der Waals surface area (Å²) in [4.78, 5) is 117. The van der Waals surface area contributed by atoms with Crippen LogP contribution in [-0.2, 0) is 46.2 Å². The zero-order valence-corrected chi connectivity index (χ0v) is 51.7. The van der Waals surface area contributed by atoms with E-state index in [-0.39, 0.29) is 118 Å². The molecule has 8 rings (SSSR count). The van der Waals surface area contributed by atoms with Gasteiger partial charge in [-0.2, -0.15) is 13.2 Å². The molecule has 3 aromatic heterocycles. The molecule has 28 heteroatoms. The number of amides is 6. The van der Waals surface area contributed by atoms with Gasteiger partial charge in [0.05, 0.1) is 71.1 Å². The molecule has 6 amide bonds. The van der Waals surface area contributed by atoms with E-state index in [9.17, 15) is 51.8 Å². The van der Waals surface area contributed by atoms with Crippen molar-refractivity contribution in [1.82, 2.24) is 50.6 Å². The first-order valence-corrected chi connectivity index (χ1v) is 30.4. The average Bonchev–Trinajstić information content (AvgIpc) is 3.77. The number of likely N-dealkylation sites (N-methyl/N-ethyl adjacent to an activating group) is 1. The summed E-state index contributed by atoms with van der Waals surface area (Å²) in [6, 6.07) is 8.73. The Bertz CT molecular complexity index is 3360. The normalized spacial score (nSPS) is 18.6. The van der Waals surface area contributed by atoms with E-state index in [1.807, 2.05) is 61.9 Å². The Morgan fingerprint density at radius 1 is 0.820 bits per heavy atom. The third-order valence-corrected chi connectivity index (χ3v) is 17.0. The predicted octanol–water partition coefficient (Wildman–Crippen LogP) is 4.98. The molecule has 23 nitrogen and oxygen atoms in total. The first-order chi connectivity index (χ1) is 42.2. The van der Waals surface area contributed by atoms with E-state index in [0.29, 0.717) is 57.5 Å². The molecule has 0 bridgehead atoms. The number of nitrogens with zero attached hydrogens (tertiary/aromatic N) is 8. The number of thiazole rings is 1. The maximum Gasteiger partial charge on any atom is 0.417 e. The second-order valence-electron chi connectivity index (χ2n) is 23.6. The van der Waals surface area contributed by atoms with Gasteiger partial charge in [0.2, 0.25) is 41.0 Å². The summed E-state index contributed by atoms with van der Waals surface area (Å²) < 4.78 is 69.3. The van der Waals surface area contributed by atoms with E-state index in [2.05, 4.69) is 46.1 Å². The maximum atomic E-state index is 16.2. The second kappa shape index (κ2) is 29.6. The van der Waals surface area contributed by atoms with Crippen molar-refractivity contribution in [3.8, 4) is 21.6 Å². The number of carbonyl (C=O) groups excluding carboxylic acids is 6. The standard InChI is InChI=1S/C61H77F4N13O10S/c1-36-32-77(33-37(2)74(36)7)48-27-46(62)43(25-47(48)72-56(84)44-31-67-52(82)26-45(44)61(63,64)65)41-29-69-59(70-30-41)76-18-16-75(17-19-76)53(83)13-12-50(80)66-15-21-88-23-22-87-20-14-51(81)73-55(60(4,5)6)58(86)78-34-42(79)24-49(78)57(85)68-28-39-8-10-40(11-9-39)54-38(3)71-35-89-54/h8-11,25-27,29-31,35-37,42,49,55,79H,12-24,28,32-34H2,1-7H3,(H,66,80)(H,67,82)(H,68,85)(H,72,84)(H,73,81)/t36-,37+,42-,49+,55?/m1/s1. The number of aromatic nitrogens is 4. The number of rotatable bonds is 23. The maximum absolute atomic E-state index is 16.2. The van der Waals surface area contributed by atoms with Crippen LogP contribution >= 0.6 is 11.3 Å². The van der Waals surface area contributed by atoms with Gasteiger partial charge in [-0.1, -0.05) is 45.0 Å². The van der Waals surface area contributed by atoms with Crippen molar-refractivity contribution < 1.29 is 60.9 Å². The van der Waals surface area contributed by atoms with Crippen molar-refractivity contribution in [1.29, 1.82) is 0 Å². The van der Waals surface area contributed by atoms with Crippen LogP contribution < -0.4 is 36.6 Å². The topological polar surface area (TPSA) is 277 Å². The van der Waals surface area contributed by atoms with Gasteiger partial charge in [0.25, 0.3) is 5.91 Å². The number of benzene rings is 2. The summed E-state index contributed by atoms with van der Waals surface area (Å²) in [6.45, 7) is 14.4. The van der Waals surface area contributed by atoms with Crippen molar-refractivity contribution >= 4 is 64.1 Å². The van der Waals surface area contributed by atoms with Gasteiger partial charge < -0.3 is 60.4 Å². The van der Waals surface area contributed by atoms with E-state index in [1.165, 1.54) is 29.4 Å². The molecular weight excluding hydrogens is 1180 g/mol. The number of anilines is 3. The second-order valence-corrected chi connectivity index (χ2v) is 24.5. The van der Waals surface area contributed by atoms with E-state index in [1.54, 1.807) is 42.5 Å². The molecule has 0 spiro atoms. The number of aliphatic hydroxyl groups is 1. The fraction of sp³-hybridized carbons (Fsp3) is 0.508. The first kappa shape index (κ1) is 67.0. The van der Waals surface area contributed by atoms with Gasteiger partial charge in [0, 0.05) is 132 Å². The summed E-state index contributed by atoms with van der Waals surface area (Å²) in [5.41, 5.74) is 1.07. The third-order valence-electron chi connectivity index (χ3n) is 16.1. The number of pyridine rings is 1. The lowest BCUT2D eigenvalue weighted by Crippen LogP contribution is -2.57. The Labute approximate surface area is 516 Å². The minimum Gasteiger partial charge on any atom is -0.391 e. The molecule has 2 aromatic carbocycles. The molecule has 89 heavy (non-hydrogen) atoms. The van der Waals surface area contributed by atoms with Crippen molar-refractivity contribution in [2.24, 2.45) is 5.41 Å². The number of hydrogen-bond acceptors (Lipinski definition) is 17. The molecule has 0 saturated carbocycles. The number of alkyl halides is 3. The molecule has 1 unspecified atom stereocenters. The highest BCUT2D eigenvalue weighted by molar-refractivity contribution is 7.13. The van der Waals surface area contributed by atoms with Gasteiger partial charge in [-0.05, 0) is 56.5 Å². The summed E-state index contributed by atoms with van der Waals surface area (Å²) in [5.74, 6) is -3.42. The predicted molar refractivity (Wildman–Crippen MR) is 325 cm³/mol. The van der Waals surface area contributed by atoms with Crippen molar-refractivity contribution in [2.75, 3.05) is 101 Å². The Kier molecular flexibility index (Phi) is 22.3. The van der Waals surface area contributed by atoms with Crippen LogP contribution in [0.1, 0.15) is 87.5 Å². The number of aromatic amines is 1. The third kappa shape index (κ3) is 17.5. The van der Waals surface area contributed by atoms with Crippen LogP contribution in [-0.4, -0.2) is 191 Å². The number of halogens is 4. The number of nitrogens with one attached hydrogen (secondary N) is 5. The summed E-state index contributed by atoms with van der Waals surface area (Å²) in [6.07, 6.45) is -2.52. The molecular formula is C61H77F4N13O10S. The molecule has 0 radical (unpaired) electrons. The Balaban J connectivity index is 0.719. The molecule has 480 valence electrons. The molecule has 3 aliphatic rings. The lowest BCUT2D eigenvalue weighted by atomic mass is 9.85. The molecule has 3 aliphatic heterocycles. The van der Waals surface area contributed by atoms with Gasteiger partial charge >= 0.3 is 6.18 Å². The number of piperazine rings is 2. The SMILES string of the molecule is Cc1ncsc1-c1ccc(CNC(=O)[C@@H]2C[C@@H](O)CN2C(=O)C(NC(=O)CCOCCOCCNC(=O)CCC(=O)N2CCN(c3ncc(-c4cc(NC(=O)c5c[nH]c(=O)cc5C(F)(F)F)c(N5C[C@@H](C)N(C)[C@@H](C)C5)cc4F)cn3)CC2)C(C)(C)C)cc1.